The van der Waals surface area contributed by atoms with Crippen LogP contribution in [0.3, 0.4) is 0 Å². The molecule has 1 atom stereocenters. The van der Waals surface area contributed by atoms with Crippen LogP contribution in [0, 0.1) is 5.82 Å². The summed E-state index contributed by atoms with van der Waals surface area (Å²) in [5.41, 5.74) is 0.187. The molecule has 0 bridgehead atoms. The first-order valence-electron chi connectivity index (χ1n) is 6.14. The smallest absolute Gasteiger partial charge is 0.312 e. The van der Waals surface area contributed by atoms with Gasteiger partial charge in [-0.2, -0.15) is 0 Å². The molecule has 1 unspecified atom stereocenters. The number of halogens is 2. The number of nitrogens with zero attached hydrogens (tertiary/aromatic N) is 2. The minimum atomic E-state index is -0.500. The highest BCUT2D eigenvalue weighted by atomic mass is 35.5. The van der Waals surface area contributed by atoms with Crippen molar-refractivity contribution in [1.29, 1.82) is 0 Å². The largest absolute Gasteiger partial charge is 0.327 e. The van der Waals surface area contributed by atoms with Gasteiger partial charge < -0.3 is 4.90 Å². The van der Waals surface area contributed by atoms with Gasteiger partial charge >= 0.3 is 6.03 Å². The maximum Gasteiger partial charge on any atom is 0.327 e. The fraction of sp³-hybridized carbons (Fsp3) is 0.385. The first-order valence-corrected chi connectivity index (χ1v) is 6.52. The zero-order chi connectivity index (χ0) is 13.6. The molecule has 19 heavy (non-hydrogen) atoms. The molecule has 0 radical (unpaired) electrons. The number of hydrogen-bond acceptors (Lipinski definition) is 2. The number of imide groups is 1. The van der Waals surface area contributed by atoms with E-state index in [2.05, 4.69) is 0 Å². The van der Waals surface area contributed by atoms with E-state index in [1.165, 1.54) is 12.1 Å². The lowest BCUT2D eigenvalue weighted by molar-refractivity contribution is -0.128. The van der Waals surface area contributed by atoms with Crippen LogP contribution in [0.25, 0.3) is 0 Å². The second kappa shape index (κ2) is 4.49. The second-order valence-electron chi connectivity index (χ2n) is 4.76. The molecule has 2 heterocycles. The molecule has 0 spiro atoms. The molecular weight excluding hydrogens is 271 g/mol. The van der Waals surface area contributed by atoms with Crippen molar-refractivity contribution in [2.75, 3.05) is 6.54 Å². The van der Waals surface area contributed by atoms with Gasteiger partial charge in [0.05, 0.1) is 6.54 Å². The van der Waals surface area contributed by atoms with Crippen molar-refractivity contribution in [2.45, 2.75) is 25.4 Å². The summed E-state index contributed by atoms with van der Waals surface area (Å²) in [5.74, 6) is -0.748. The van der Waals surface area contributed by atoms with Crippen LogP contribution in [0.4, 0.5) is 9.18 Å². The second-order valence-corrected chi connectivity index (χ2v) is 5.17. The Hall–Kier alpha value is -1.62. The molecule has 3 amide bonds. The fourth-order valence-corrected chi connectivity index (χ4v) is 2.89. The first kappa shape index (κ1) is 12.4. The minimum absolute atomic E-state index is 0.101. The van der Waals surface area contributed by atoms with E-state index < -0.39 is 5.82 Å². The molecule has 2 aliphatic rings. The molecule has 4 nitrogen and oxygen atoms in total. The van der Waals surface area contributed by atoms with E-state index in [1.54, 1.807) is 11.0 Å². The van der Waals surface area contributed by atoms with Gasteiger partial charge in [-0.3, -0.25) is 9.69 Å². The standard InChI is InChI=1S/C13H12ClFN2O2/c14-9-3-1-4-10(15)8(9)7-17-12(18)11-5-2-6-16(11)13(17)19/h1,3-4,11H,2,5-7H2. The lowest BCUT2D eigenvalue weighted by Gasteiger charge is -2.16. The number of carbonyl (C=O) groups is 2. The molecule has 0 saturated carbocycles. The molecular formula is C13H12ClFN2O2. The van der Waals surface area contributed by atoms with Gasteiger partial charge in [-0.25, -0.2) is 9.18 Å². The highest BCUT2D eigenvalue weighted by Crippen LogP contribution is 2.30. The summed E-state index contributed by atoms with van der Waals surface area (Å²) in [5, 5.41) is 0.229. The van der Waals surface area contributed by atoms with Gasteiger partial charge in [0.15, 0.2) is 0 Å². The number of benzene rings is 1. The summed E-state index contributed by atoms with van der Waals surface area (Å²) < 4.78 is 13.7. The molecule has 2 saturated heterocycles. The highest BCUT2D eigenvalue weighted by Gasteiger charge is 2.47. The van der Waals surface area contributed by atoms with E-state index in [0.717, 1.165) is 11.3 Å². The van der Waals surface area contributed by atoms with Crippen LogP contribution < -0.4 is 0 Å². The predicted molar refractivity (Wildman–Crippen MR) is 67.1 cm³/mol. The number of amides is 3. The molecule has 0 N–H and O–H groups in total. The molecule has 0 aliphatic carbocycles. The molecule has 2 fully saturated rings. The summed E-state index contributed by atoms with van der Waals surface area (Å²) in [4.78, 5) is 26.9. The Kier molecular flexibility index (Phi) is 2.93. The maximum atomic E-state index is 13.7. The van der Waals surface area contributed by atoms with Crippen molar-refractivity contribution in [3.63, 3.8) is 0 Å². The van der Waals surface area contributed by atoms with E-state index in [4.69, 9.17) is 11.6 Å². The van der Waals surface area contributed by atoms with Gasteiger partial charge in [-0.1, -0.05) is 17.7 Å². The van der Waals surface area contributed by atoms with Gasteiger partial charge in [0.25, 0.3) is 5.91 Å². The zero-order valence-corrected chi connectivity index (χ0v) is 10.9. The summed E-state index contributed by atoms with van der Waals surface area (Å²) in [6.07, 6.45) is 1.53. The van der Waals surface area contributed by atoms with E-state index in [0.29, 0.717) is 13.0 Å². The topological polar surface area (TPSA) is 40.6 Å². The molecule has 100 valence electrons. The third-order valence-corrected chi connectivity index (χ3v) is 4.01. The summed E-state index contributed by atoms with van der Waals surface area (Å²) in [7, 11) is 0. The Labute approximate surface area is 114 Å². The zero-order valence-electron chi connectivity index (χ0n) is 10.1. The molecule has 3 rings (SSSR count). The van der Waals surface area contributed by atoms with E-state index >= 15 is 0 Å². The van der Waals surface area contributed by atoms with Crippen molar-refractivity contribution >= 4 is 23.5 Å². The monoisotopic (exact) mass is 282 g/mol. The average Bonchev–Trinajstić information content (AvgIpc) is 2.93. The van der Waals surface area contributed by atoms with Crippen LogP contribution in [-0.2, 0) is 11.3 Å². The number of urea groups is 1. The third kappa shape index (κ3) is 1.89. The lowest BCUT2D eigenvalue weighted by Crippen LogP contribution is -2.33. The van der Waals surface area contributed by atoms with Crippen molar-refractivity contribution in [2.24, 2.45) is 0 Å². The Morgan fingerprint density at radius 3 is 2.84 bits per heavy atom. The van der Waals surface area contributed by atoms with Crippen LogP contribution in [0.5, 0.6) is 0 Å². The molecule has 1 aromatic rings. The van der Waals surface area contributed by atoms with Gasteiger partial charge in [-0.05, 0) is 25.0 Å². The molecule has 0 aromatic heterocycles. The number of fused-ring (bicyclic) bond motifs is 1. The van der Waals surface area contributed by atoms with Crippen molar-refractivity contribution in [1.82, 2.24) is 9.80 Å². The van der Waals surface area contributed by atoms with Crippen LogP contribution >= 0.6 is 11.6 Å². The third-order valence-electron chi connectivity index (χ3n) is 3.66. The summed E-state index contributed by atoms with van der Waals surface area (Å²) in [6.45, 7) is 0.493. The summed E-state index contributed by atoms with van der Waals surface area (Å²) in [6, 6.07) is 3.61. The van der Waals surface area contributed by atoms with Crippen molar-refractivity contribution in [3.8, 4) is 0 Å². The quantitative estimate of drug-likeness (QED) is 0.782. The Morgan fingerprint density at radius 2 is 2.16 bits per heavy atom. The van der Waals surface area contributed by atoms with Crippen LogP contribution in [-0.4, -0.2) is 34.3 Å². The van der Waals surface area contributed by atoms with Crippen LogP contribution in [0.2, 0.25) is 5.02 Å². The Bertz CT molecular complexity index is 521. The molecule has 6 heteroatoms. The number of hydrogen-bond donors (Lipinski definition) is 0. The lowest BCUT2D eigenvalue weighted by atomic mass is 10.1. The Balaban J connectivity index is 1.88. The van der Waals surface area contributed by atoms with E-state index in [9.17, 15) is 14.0 Å². The van der Waals surface area contributed by atoms with Gasteiger partial charge in [-0.15, -0.1) is 0 Å². The highest BCUT2D eigenvalue weighted by molar-refractivity contribution is 6.31. The average molecular weight is 283 g/mol. The van der Waals surface area contributed by atoms with E-state index in [1.807, 2.05) is 0 Å². The van der Waals surface area contributed by atoms with Crippen LogP contribution in [0.1, 0.15) is 18.4 Å². The molecule has 2 aliphatic heterocycles. The van der Waals surface area contributed by atoms with Crippen LogP contribution in [0.15, 0.2) is 18.2 Å². The molecule has 1 aromatic carbocycles. The van der Waals surface area contributed by atoms with Gasteiger partial charge in [0.1, 0.15) is 11.9 Å². The first-order chi connectivity index (χ1) is 9.09. The van der Waals surface area contributed by atoms with Crippen molar-refractivity contribution < 1.29 is 14.0 Å². The predicted octanol–water partition coefficient (Wildman–Crippen LogP) is 2.41. The number of rotatable bonds is 2. The Morgan fingerprint density at radius 1 is 1.37 bits per heavy atom. The van der Waals surface area contributed by atoms with E-state index in [-0.39, 0.29) is 35.1 Å². The van der Waals surface area contributed by atoms with Gasteiger partial charge in [0.2, 0.25) is 0 Å². The van der Waals surface area contributed by atoms with Gasteiger partial charge in [0, 0.05) is 17.1 Å². The normalized spacial score (nSPS) is 22.3. The maximum absolute atomic E-state index is 13.7. The fourth-order valence-electron chi connectivity index (χ4n) is 2.67. The number of carbonyl (C=O) groups excluding carboxylic acids is 2. The van der Waals surface area contributed by atoms with Crippen molar-refractivity contribution in [3.05, 3.63) is 34.6 Å². The summed E-state index contributed by atoms with van der Waals surface area (Å²) >= 11 is 5.92. The minimum Gasteiger partial charge on any atom is -0.312 e. The SMILES string of the molecule is O=C1C2CCCN2C(=O)N1Cc1c(F)cccc1Cl.